The van der Waals surface area contributed by atoms with Gasteiger partial charge in [0.2, 0.25) is 0 Å². The Morgan fingerprint density at radius 1 is 1.06 bits per heavy atom. The van der Waals surface area contributed by atoms with E-state index in [2.05, 4.69) is 0 Å². The summed E-state index contributed by atoms with van der Waals surface area (Å²) in [5.41, 5.74) is 1.62. The Hall–Kier alpha value is -4.10. The van der Waals surface area contributed by atoms with Crippen LogP contribution in [0, 0.1) is 17.1 Å². The molecule has 33 heavy (non-hydrogen) atoms. The molecule has 2 aromatic carbocycles. The van der Waals surface area contributed by atoms with Gasteiger partial charge in [0.15, 0.2) is 11.2 Å². The zero-order chi connectivity index (χ0) is 24.1. The molecule has 0 fully saturated rings. The number of hydrogen-bond acceptors (Lipinski definition) is 5. The van der Waals surface area contributed by atoms with E-state index in [1.54, 1.807) is 47.7 Å². The van der Waals surface area contributed by atoms with Crippen LogP contribution in [0.25, 0.3) is 11.2 Å². The Labute approximate surface area is 189 Å². The molecule has 2 aromatic heterocycles. The summed E-state index contributed by atoms with van der Waals surface area (Å²) >= 11 is 0. The maximum absolute atomic E-state index is 13.0. The van der Waals surface area contributed by atoms with E-state index in [4.69, 9.17) is 15.5 Å². The van der Waals surface area contributed by atoms with Gasteiger partial charge in [0, 0.05) is 28.7 Å². The lowest BCUT2D eigenvalue weighted by Crippen LogP contribution is -2.44. The van der Waals surface area contributed by atoms with Gasteiger partial charge in [0.05, 0.1) is 18.2 Å². The van der Waals surface area contributed by atoms with Gasteiger partial charge in [-0.1, -0.05) is 12.1 Å². The van der Waals surface area contributed by atoms with E-state index in [0.29, 0.717) is 29.7 Å². The first-order valence-electron chi connectivity index (χ1n) is 10.2. The molecule has 4 aromatic rings. The van der Waals surface area contributed by atoms with E-state index in [1.807, 2.05) is 6.07 Å². The summed E-state index contributed by atoms with van der Waals surface area (Å²) in [5.74, 6) is -0.126. The topological polar surface area (TPSA) is 118 Å². The Balaban J connectivity index is 0.000000345. The second-order valence-electron chi connectivity index (χ2n) is 7.41. The lowest BCUT2D eigenvalue weighted by atomic mass is 10.2. The van der Waals surface area contributed by atoms with Crippen LogP contribution in [0.1, 0.15) is 19.0 Å². The molecule has 0 aliphatic rings. The summed E-state index contributed by atoms with van der Waals surface area (Å²) in [5, 5.41) is 26.0. The Morgan fingerprint density at radius 2 is 1.70 bits per heavy atom. The van der Waals surface area contributed by atoms with Gasteiger partial charge in [0.25, 0.3) is 5.56 Å². The van der Waals surface area contributed by atoms with E-state index in [9.17, 15) is 14.0 Å². The molecule has 0 aliphatic carbocycles. The van der Waals surface area contributed by atoms with Crippen LogP contribution in [0.2, 0.25) is 0 Å². The molecule has 2 N–H and O–H groups in total. The fourth-order valence-corrected chi connectivity index (χ4v) is 3.47. The van der Waals surface area contributed by atoms with Gasteiger partial charge in [-0.05, 0) is 48.4 Å². The fraction of sp³-hybridized carbons (Fsp3) is 0.261. The van der Waals surface area contributed by atoms with Gasteiger partial charge in [-0.2, -0.15) is 5.26 Å². The summed E-state index contributed by atoms with van der Waals surface area (Å²) in [6.07, 6.45) is 0.335. The molecule has 0 saturated carbocycles. The van der Waals surface area contributed by atoms with Crippen molar-refractivity contribution in [2.75, 3.05) is 6.61 Å². The molecule has 0 bridgehead atoms. The number of aromatic hydroxyl groups is 1. The summed E-state index contributed by atoms with van der Waals surface area (Å²) in [6, 6.07) is 14.1. The molecule has 0 spiro atoms. The van der Waals surface area contributed by atoms with E-state index in [0.717, 1.165) is 10.1 Å². The maximum Gasteiger partial charge on any atom is 0.332 e. The number of halogens is 1. The van der Waals surface area contributed by atoms with Crippen LogP contribution in [-0.2, 0) is 27.2 Å². The SMILES string of the molecule is Cn1c(=O)n(CCCO)c(=O)c2c1n(C)n2Cc1ccc(F)cc1.N#Cc1ccc(O)cc1.[HH]. The van der Waals surface area contributed by atoms with Crippen LogP contribution < -0.4 is 11.2 Å². The van der Waals surface area contributed by atoms with E-state index >= 15 is 0 Å². The van der Waals surface area contributed by atoms with Crippen LogP contribution in [-0.4, -0.2) is 35.3 Å². The van der Waals surface area contributed by atoms with Gasteiger partial charge in [-0.15, -0.1) is 0 Å². The zero-order valence-electron chi connectivity index (χ0n) is 18.3. The lowest BCUT2D eigenvalue weighted by Gasteiger charge is -2.25. The Bertz CT molecular complexity index is 1410. The number of benzene rings is 2. The van der Waals surface area contributed by atoms with Gasteiger partial charge in [-0.3, -0.25) is 23.3 Å². The molecule has 9 nitrogen and oxygen atoms in total. The standard InChI is InChI=1S/C16H19FN4O3.C7H5NO.H2/c1-18-14-13(15(23)20(16(18)24)8-3-9-22)21(19(14)2)10-11-4-6-12(17)7-5-11;8-5-6-1-3-7(9)4-2-6;/h4-7,22H,3,8-10H2,1-2H3;1-4,9H;1H. The summed E-state index contributed by atoms with van der Waals surface area (Å²) in [4.78, 5) is 25.0. The van der Waals surface area contributed by atoms with Crippen molar-refractivity contribution < 1.29 is 16.0 Å². The van der Waals surface area contributed by atoms with Crippen molar-refractivity contribution in [2.45, 2.75) is 19.5 Å². The van der Waals surface area contributed by atoms with Crippen molar-refractivity contribution in [3.63, 3.8) is 0 Å². The Morgan fingerprint density at radius 3 is 2.27 bits per heavy atom. The number of aryl methyl sites for hydroxylation is 2. The molecule has 0 unspecified atom stereocenters. The average molecular weight is 455 g/mol. The minimum absolute atomic E-state index is 0. The monoisotopic (exact) mass is 455 g/mol. The lowest BCUT2D eigenvalue weighted by molar-refractivity contribution is 0.277. The number of hydrogen-bond donors (Lipinski definition) is 2. The highest BCUT2D eigenvalue weighted by atomic mass is 19.1. The normalized spacial score (nSPS) is 10.6. The maximum atomic E-state index is 13.0. The minimum Gasteiger partial charge on any atom is -0.508 e. The molecule has 174 valence electrons. The first-order valence-corrected chi connectivity index (χ1v) is 10.2. The number of fused-ring (bicyclic) bond motifs is 1. The largest absolute Gasteiger partial charge is 0.508 e. The van der Waals surface area contributed by atoms with Crippen molar-refractivity contribution in [3.8, 4) is 11.8 Å². The van der Waals surface area contributed by atoms with Crippen LogP contribution in [0.15, 0.2) is 58.1 Å². The number of nitriles is 1. The predicted octanol–water partition coefficient (Wildman–Crippen LogP) is 1.92. The number of aromatic nitrogens is 4. The van der Waals surface area contributed by atoms with Crippen molar-refractivity contribution >= 4 is 11.2 Å². The van der Waals surface area contributed by atoms with Gasteiger partial charge >= 0.3 is 5.69 Å². The molecule has 10 heteroatoms. The van der Waals surface area contributed by atoms with Gasteiger partial charge in [0.1, 0.15) is 11.6 Å². The predicted molar refractivity (Wildman–Crippen MR) is 123 cm³/mol. The second-order valence-corrected chi connectivity index (χ2v) is 7.41. The van der Waals surface area contributed by atoms with Crippen LogP contribution in [0.3, 0.4) is 0 Å². The third kappa shape index (κ3) is 4.88. The first kappa shape index (κ1) is 23.6. The number of nitrogens with zero attached hydrogens (tertiary/aromatic N) is 5. The molecule has 0 radical (unpaired) electrons. The van der Waals surface area contributed by atoms with E-state index in [-0.39, 0.29) is 31.7 Å². The second kappa shape index (κ2) is 10.0. The van der Waals surface area contributed by atoms with Gasteiger partial charge in [-0.25, -0.2) is 9.18 Å². The van der Waals surface area contributed by atoms with Crippen LogP contribution >= 0.6 is 0 Å². The number of rotatable bonds is 5. The van der Waals surface area contributed by atoms with Crippen molar-refractivity contribution in [3.05, 3.63) is 86.3 Å². The smallest absolute Gasteiger partial charge is 0.332 e. The minimum atomic E-state index is -0.402. The highest BCUT2D eigenvalue weighted by Crippen LogP contribution is 2.15. The summed E-state index contributed by atoms with van der Waals surface area (Å²) < 4.78 is 19.1. The van der Waals surface area contributed by atoms with Gasteiger partial charge < -0.3 is 10.2 Å². The first-order chi connectivity index (χ1) is 15.8. The number of aliphatic hydroxyl groups excluding tert-OH is 1. The van der Waals surface area contributed by atoms with Crippen LogP contribution in [0.4, 0.5) is 4.39 Å². The summed E-state index contributed by atoms with van der Waals surface area (Å²) in [7, 11) is 3.38. The summed E-state index contributed by atoms with van der Waals surface area (Å²) in [6.45, 7) is 0.479. The highest BCUT2D eigenvalue weighted by molar-refractivity contribution is 5.73. The molecule has 0 saturated heterocycles. The Kier molecular flexibility index (Phi) is 7.15. The third-order valence-corrected chi connectivity index (χ3v) is 5.20. The molecule has 4 rings (SSSR count). The third-order valence-electron chi connectivity index (χ3n) is 5.20. The molecular weight excluding hydrogens is 429 g/mol. The van der Waals surface area contributed by atoms with Crippen LogP contribution in [0.5, 0.6) is 5.75 Å². The number of phenols is 1. The van der Waals surface area contributed by atoms with E-state index < -0.39 is 5.69 Å². The molecule has 2 heterocycles. The molecule has 0 atom stereocenters. The molecule has 0 aliphatic heterocycles. The zero-order valence-corrected chi connectivity index (χ0v) is 18.3. The van der Waals surface area contributed by atoms with Crippen molar-refractivity contribution in [1.82, 2.24) is 18.5 Å². The molecular formula is C23H26FN5O4. The van der Waals surface area contributed by atoms with Crippen molar-refractivity contribution in [1.29, 1.82) is 5.26 Å². The average Bonchev–Trinajstić information content (AvgIpc) is 2.81. The molecule has 0 amide bonds. The van der Waals surface area contributed by atoms with E-state index in [1.165, 1.54) is 28.8 Å². The highest BCUT2D eigenvalue weighted by Gasteiger charge is 2.21. The van der Waals surface area contributed by atoms with Crippen molar-refractivity contribution in [2.24, 2.45) is 14.1 Å². The quantitative estimate of drug-likeness (QED) is 0.477. The number of phenolic OH excluding ortho intramolecular Hbond substituents is 1. The fourth-order valence-electron chi connectivity index (χ4n) is 3.47. The number of aliphatic hydroxyl groups is 1.